The van der Waals surface area contributed by atoms with E-state index in [1.807, 2.05) is 23.5 Å². The Bertz CT molecular complexity index is 1380. The molecule has 0 spiro atoms. The quantitative estimate of drug-likeness (QED) is 0.246. The molecular weight excluding hydrogens is 438 g/mol. The summed E-state index contributed by atoms with van der Waals surface area (Å²) in [4.78, 5) is 3.82. The molecule has 0 unspecified atom stereocenters. The standard InChI is InChI=1S/C30H27NS2/c1-4-23-14-19-27-29(32-25-15-10-21(2)11-16-25)28(24-8-6-5-7-9-24)30(31(27)20-23)33-26-17-12-22(3)13-18-26/h5-20H,4H2,1-3H3. The number of aryl methyl sites for hydroxylation is 3. The number of aromatic nitrogens is 1. The van der Waals surface area contributed by atoms with Crippen LogP contribution >= 0.6 is 23.5 Å². The van der Waals surface area contributed by atoms with Crippen LogP contribution in [0.2, 0.25) is 0 Å². The molecule has 33 heavy (non-hydrogen) atoms. The van der Waals surface area contributed by atoms with Gasteiger partial charge in [0.05, 0.1) is 10.5 Å². The minimum Gasteiger partial charge on any atom is -0.309 e. The molecule has 0 saturated carbocycles. The van der Waals surface area contributed by atoms with Gasteiger partial charge in [-0.25, -0.2) is 0 Å². The van der Waals surface area contributed by atoms with Gasteiger partial charge < -0.3 is 4.40 Å². The van der Waals surface area contributed by atoms with E-state index in [-0.39, 0.29) is 0 Å². The summed E-state index contributed by atoms with van der Waals surface area (Å²) in [5.41, 5.74) is 7.73. The Kier molecular flexibility index (Phi) is 6.34. The van der Waals surface area contributed by atoms with E-state index in [0.717, 1.165) is 6.42 Å². The van der Waals surface area contributed by atoms with E-state index in [4.69, 9.17) is 0 Å². The molecule has 0 aliphatic carbocycles. The summed E-state index contributed by atoms with van der Waals surface area (Å²) >= 11 is 3.71. The number of rotatable bonds is 6. The maximum Gasteiger partial charge on any atom is 0.0934 e. The fourth-order valence-electron chi connectivity index (χ4n) is 3.96. The summed E-state index contributed by atoms with van der Waals surface area (Å²) in [6, 6.07) is 33.1. The Hall–Kier alpha value is -2.88. The monoisotopic (exact) mass is 465 g/mol. The summed E-state index contributed by atoms with van der Waals surface area (Å²) in [5, 5.41) is 1.27. The van der Waals surface area contributed by atoms with E-state index in [1.165, 1.54) is 53.0 Å². The molecule has 2 heterocycles. The zero-order chi connectivity index (χ0) is 22.8. The van der Waals surface area contributed by atoms with Crippen molar-refractivity contribution in [3.8, 4) is 11.1 Å². The number of fused-ring (bicyclic) bond motifs is 1. The van der Waals surface area contributed by atoms with Gasteiger partial charge in [-0.05, 0) is 61.7 Å². The largest absolute Gasteiger partial charge is 0.309 e. The van der Waals surface area contributed by atoms with Crippen LogP contribution in [-0.4, -0.2) is 4.40 Å². The average Bonchev–Trinajstić information content (AvgIpc) is 3.14. The van der Waals surface area contributed by atoms with Crippen LogP contribution in [0.4, 0.5) is 0 Å². The van der Waals surface area contributed by atoms with Crippen molar-refractivity contribution in [1.29, 1.82) is 0 Å². The Morgan fingerprint density at radius 1 is 0.667 bits per heavy atom. The maximum atomic E-state index is 2.40. The normalized spacial score (nSPS) is 11.2. The minimum absolute atomic E-state index is 1.02. The van der Waals surface area contributed by atoms with Crippen molar-refractivity contribution in [2.45, 2.75) is 46.9 Å². The van der Waals surface area contributed by atoms with Gasteiger partial charge in [-0.3, -0.25) is 0 Å². The third kappa shape index (κ3) is 4.62. The predicted octanol–water partition coefficient (Wildman–Crippen LogP) is 9.09. The number of hydrogen-bond donors (Lipinski definition) is 0. The van der Waals surface area contributed by atoms with Gasteiger partial charge in [-0.2, -0.15) is 0 Å². The molecule has 3 aromatic carbocycles. The molecule has 5 aromatic rings. The molecule has 2 aromatic heterocycles. The summed E-state index contributed by atoms with van der Waals surface area (Å²) in [6.07, 6.45) is 3.33. The molecule has 0 amide bonds. The highest BCUT2D eigenvalue weighted by Gasteiger charge is 2.22. The second-order valence-electron chi connectivity index (χ2n) is 8.35. The van der Waals surface area contributed by atoms with Crippen LogP contribution in [0.5, 0.6) is 0 Å². The van der Waals surface area contributed by atoms with E-state index in [0.29, 0.717) is 0 Å². The summed E-state index contributed by atoms with van der Waals surface area (Å²) in [6.45, 7) is 6.50. The summed E-state index contributed by atoms with van der Waals surface area (Å²) in [7, 11) is 0. The summed E-state index contributed by atoms with van der Waals surface area (Å²) in [5.74, 6) is 0. The van der Waals surface area contributed by atoms with Gasteiger partial charge in [-0.15, -0.1) is 0 Å². The molecule has 0 radical (unpaired) electrons. The first-order valence-electron chi connectivity index (χ1n) is 11.3. The molecule has 0 saturated heterocycles. The summed E-state index contributed by atoms with van der Waals surface area (Å²) < 4.78 is 2.40. The van der Waals surface area contributed by atoms with E-state index in [9.17, 15) is 0 Å². The molecule has 0 aliphatic heterocycles. The van der Waals surface area contributed by atoms with Crippen molar-refractivity contribution >= 4 is 29.0 Å². The first-order valence-corrected chi connectivity index (χ1v) is 13.0. The zero-order valence-electron chi connectivity index (χ0n) is 19.2. The fourth-order valence-corrected chi connectivity index (χ4v) is 6.18. The molecular formula is C30H27NS2. The Morgan fingerprint density at radius 2 is 1.27 bits per heavy atom. The molecule has 5 rings (SSSR count). The van der Waals surface area contributed by atoms with Crippen LogP contribution in [-0.2, 0) is 6.42 Å². The van der Waals surface area contributed by atoms with Gasteiger partial charge in [0.15, 0.2) is 0 Å². The Labute approximate surface area is 204 Å². The molecule has 3 heteroatoms. The maximum absolute atomic E-state index is 2.40. The van der Waals surface area contributed by atoms with E-state index < -0.39 is 0 Å². The van der Waals surface area contributed by atoms with E-state index in [2.05, 4.69) is 122 Å². The van der Waals surface area contributed by atoms with E-state index >= 15 is 0 Å². The smallest absolute Gasteiger partial charge is 0.0934 e. The Morgan fingerprint density at radius 3 is 1.88 bits per heavy atom. The van der Waals surface area contributed by atoms with Crippen molar-refractivity contribution in [3.63, 3.8) is 0 Å². The zero-order valence-corrected chi connectivity index (χ0v) is 20.8. The van der Waals surface area contributed by atoms with Crippen molar-refractivity contribution in [2.75, 3.05) is 0 Å². The van der Waals surface area contributed by atoms with Gasteiger partial charge in [0, 0.05) is 26.4 Å². The van der Waals surface area contributed by atoms with E-state index in [1.54, 1.807) is 0 Å². The topological polar surface area (TPSA) is 4.41 Å². The second kappa shape index (κ2) is 9.54. The van der Waals surface area contributed by atoms with Gasteiger partial charge in [0.25, 0.3) is 0 Å². The highest BCUT2D eigenvalue weighted by atomic mass is 32.2. The van der Waals surface area contributed by atoms with Crippen molar-refractivity contribution < 1.29 is 0 Å². The Balaban J connectivity index is 1.76. The fraction of sp³-hybridized carbons (Fsp3) is 0.133. The first kappa shape index (κ1) is 21.9. The van der Waals surface area contributed by atoms with Crippen LogP contribution in [0.25, 0.3) is 16.6 Å². The SMILES string of the molecule is CCc1ccc2c(Sc3ccc(C)cc3)c(-c3ccccc3)c(Sc3ccc(C)cc3)n2c1. The lowest BCUT2D eigenvalue weighted by Gasteiger charge is -2.09. The number of benzene rings is 3. The molecule has 0 aliphatic rings. The van der Waals surface area contributed by atoms with Gasteiger partial charge in [-0.1, -0.05) is 102 Å². The number of nitrogens with zero attached hydrogens (tertiary/aromatic N) is 1. The number of hydrogen-bond acceptors (Lipinski definition) is 2. The average molecular weight is 466 g/mol. The molecule has 164 valence electrons. The third-order valence-corrected chi connectivity index (χ3v) is 8.08. The highest BCUT2D eigenvalue weighted by Crippen LogP contribution is 2.47. The minimum atomic E-state index is 1.02. The molecule has 0 N–H and O–H groups in total. The highest BCUT2D eigenvalue weighted by molar-refractivity contribution is 8.00. The van der Waals surface area contributed by atoms with Crippen molar-refractivity contribution in [2.24, 2.45) is 0 Å². The lowest BCUT2D eigenvalue weighted by atomic mass is 10.1. The van der Waals surface area contributed by atoms with Gasteiger partial charge in [0.2, 0.25) is 0 Å². The number of pyridine rings is 1. The third-order valence-electron chi connectivity index (χ3n) is 5.85. The van der Waals surface area contributed by atoms with Crippen LogP contribution in [0.3, 0.4) is 0 Å². The van der Waals surface area contributed by atoms with Crippen LogP contribution in [0, 0.1) is 13.8 Å². The van der Waals surface area contributed by atoms with Crippen LogP contribution < -0.4 is 0 Å². The molecule has 0 atom stereocenters. The first-order chi connectivity index (χ1) is 16.1. The molecule has 0 fully saturated rings. The van der Waals surface area contributed by atoms with Gasteiger partial charge in [0.1, 0.15) is 0 Å². The predicted molar refractivity (Wildman–Crippen MR) is 143 cm³/mol. The molecule has 1 nitrogen and oxygen atoms in total. The lowest BCUT2D eigenvalue weighted by Crippen LogP contribution is -1.91. The van der Waals surface area contributed by atoms with Crippen LogP contribution in [0.15, 0.2) is 117 Å². The lowest BCUT2D eigenvalue weighted by molar-refractivity contribution is 1.00. The van der Waals surface area contributed by atoms with Crippen molar-refractivity contribution in [3.05, 3.63) is 114 Å². The second-order valence-corrected chi connectivity index (χ2v) is 10.5. The molecule has 0 bridgehead atoms. The van der Waals surface area contributed by atoms with Gasteiger partial charge >= 0.3 is 0 Å². The van der Waals surface area contributed by atoms with Crippen molar-refractivity contribution in [1.82, 2.24) is 4.40 Å². The van der Waals surface area contributed by atoms with Crippen LogP contribution in [0.1, 0.15) is 23.6 Å².